The van der Waals surface area contributed by atoms with Gasteiger partial charge < -0.3 is 14.5 Å². The van der Waals surface area contributed by atoms with Crippen molar-refractivity contribution in [2.24, 2.45) is 0 Å². The average Bonchev–Trinajstić information content (AvgIpc) is 3.26. The van der Waals surface area contributed by atoms with Gasteiger partial charge in [0.2, 0.25) is 0 Å². The molecule has 2 aliphatic rings. The number of thiophene rings is 1. The van der Waals surface area contributed by atoms with Gasteiger partial charge >= 0.3 is 5.97 Å². The Kier molecular flexibility index (Phi) is 5.67. The van der Waals surface area contributed by atoms with Crippen molar-refractivity contribution >= 4 is 29.1 Å². The first-order chi connectivity index (χ1) is 14.1. The van der Waals surface area contributed by atoms with Crippen LogP contribution in [0.4, 0.5) is 0 Å². The van der Waals surface area contributed by atoms with Gasteiger partial charge in [0.05, 0.1) is 10.3 Å². The molecule has 29 heavy (non-hydrogen) atoms. The number of nitrogens with zero attached hydrogens (tertiary/aromatic N) is 2. The lowest BCUT2D eigenvalue weighted by molar-refractivity contribution is -0.160. The molecule has 2 amide bonds. The zero-order valence-corrected chi connectivity index (χ0v) is 17.0. The number of piperazine rings is 1. The Morgan fingerprint density at radius 3 is 2.21 bits per heavy atom. The summed E-state index contributed by atoms with van der Waals surface area (Å²) >= 11 is 1.42. The van der Waals surface area contributed by atoms with Crippen LogP contribution in [0.25, 0.3) is 0 Å². The van der Waals surface area contributed by atoms with E-state index in [4.69, 9.17) is 4.74 Å². The van der Waals surface area contributed by atoms with Crippen molar-refractivity contribution in [2.45, 2.75) is 24.7 Å². The minimum Gasteiger partial charge on any atom is -0.455 e. The van der Waals surface area contributed by atoms with Gasteiger partial charge in [-0.2, -0.15) is 0 Å². The highest BCUT2D eigenvalue weighted by atomic mass is 32.1. The van der Waals surface area contributed by atoms with E-state index in [1.807, 2.05) is 47.8 Å². The maximum absolute atomic E-state index is 12.8. The minimum atomic E-state index is -0.604. The van der Waals surface area contributed by atoms with Gasteiger partial charge in [-0.1, -0.05) is 42.8 Å². The summed E-state index contributed by atoms with van der Waals surface area (Å²) in [6, 6.07) is 13.3. The molecule has 1 aliphatic carbocycles. The predicted octanol–water partition coefficient (Wildman–Crippen LogP) is 2.70. The van der Waals surface area contributed by atoms with E-state index in [1.54, 1.807) is 9.80 Å². The number of carbonyl (C=O) groups is 3. The lowest BCUT2D eigenvalue weighted by Gasteiger charge is -2.40. The van der Waals surface area contributed by atoms with E-state index in [0.717, 1.165) is 24.8 Å². The van der Waals surface area contributed by atoms with Crippen molar-refractivity contribution in [1.82, 2.24) is 9.80 Å². The van der Waals surface area contributed by atoms with Crippen molar-refractivity contribution in [3.05, 3.63) is 58.3 Å². The summed E-state index contributed by atoms with van der Waals surface area (Å²) in [6.07, 6.45) is 2.50. The minimum absolute atomic E-state index is 0.00770. The molecule has 7 heteroatoms. The molecule has 0 spiro atoms. The molecule has 1 aliphatic heterocycles. The molecule has 1 aromatic carbocycles. The maximum atomic E-state index is 12.8. The molecule has 6 nitrogen and oxygen atoms in total. The first kappa shape index (κ1) is 19.6. The molecule has 0 radical (unpaired) electrons. The van der Waals surface area contributed by atoms with Crippen LogP contribution in [0.3, 0.4) is 0 Å². The van der Waals surface area contributed by atoms with Crippen molar-refractivity contribution < 1.29 is 19.1 Å². The molecule has 1 saturated carbocycles. The number of hydrogen-bond acceptors (Lipinski definition) is 5. The average molecular weight is 413 g/mol. The van der Waals surface area contributed by atoms with Crippen LogP contribution < -0.4 is 0 Å². The zero-order valence-electron chi connectivity index (χ0n) is 16.2. The molecule has 2 heterocycles. The fraction of sp³-hybridized carbons (Fsp3) is 0.409. The van der Waals surface area contributed by atoms with Crippen LogP contribution in [0, 0.1) is 0 Å². The Hall–Kier alpha value is -2.67. The number of hydrogen-bond donors (Lipinski definition) is 0. The fourth-order valence-corrected chi connectivity index (χ4v) is 4.66. The van der Waals surface area contributed by atoms with Gasteiger partial charge in [0.1, 0.15) is 0 Å². The summed E-state index contributed by atoms with van der Waals surface area (Å²) in [4.78, 5) is 41.8. The molecule has 0 N–H and O–H groups in total. The maximum Gasteiger partial charge on any atom is 0.317 e. The first-order valence-electron chi connectivity index (χ1n) is 9.93. The van der Waals surface area contributed by atoms with Gasteiger partial charge in [-0.25, -0.2) is 0 Å². The molecule has 2 aromatic rings. The van der Waals surface area contributed by atoms with E-state index >= 15 is 0 Å². The molecular formula is C22H24N2O4S. The Morgan fingerprint density at radius 1 is 0.931 bits per heavy atom. The highest BCUT2D eigenvalue weighted by Crippen LogP contribution is 2.44. The van der Waals surface area contributed by atoms with Crippen LogP contribution in [0.5, 0.6) is 0 Å². The van der Waals surface area contributed by atoms with Gasteiger partial charge in [0.15, 0.2) is 6.61 Å². The monoisotopic (exact) mass is 412 g/mol. The number of benzene rings is 1. The third-order valence-electron chi connectivity index (χ3n) is 5.90. The van der Waals surface area contributed by atoms with E-state index < -0.39 is 5.41 Å². The molecule has 2 fully saturated rings. The second kappa shape index (κ2) is 8.37. The molecule has 4 rings (SSSR count). The fourth-order valence-electron chi connectivity index (χ4n) is 3.97. The number of esters is 1. The molecule has 0 unspecified atom stereocenters. The predicted molar refractivity (Wildman–Crippen MR) is 110 cm³/mol. The summed E-state index contributed by atoms with van der Waals surface area (Å²) in [7, 11) is 0. The summed E-state index contributed by atoms with van der Waals surface area (Å²) in [5.41, 5.74) is 0.359. The van der Waals surface area contributed by atoms with Crippen LogP contribution in [0.1, 0.15) is 34.5 Å². The van der Waals surface area contributed by atoms with E-state index in [2.05, 4.69) is 0 Å². The second-order valence-corrected chi connectivity index (χ2v) is 8.48. The van der Waals surface area contributed by atoms with Gasteiger partial charge in [0.25, 0.3) is 11.8 Å². The first-order valence-corrected chi connectivity index (χ1v) is 10.8. The Morgan fingerprint density at radius 2 is 1.62 bits per heavy atom. The summed E-state index contributed by atoms with van der Waals surface area (Å²) in [5, 5.41) is 1.88. The highest BCUT2D eigenvalue weighted by molar-refractivity contribution is 7.12. The SMILES string of the molecule is O=C(COC(=O)C1(c2ccccc2)CCC1)N1CCN(C(=O)c2cccs2)CC1. The normalized spacial score (nSPS) is 18.1. The quantitative estimate of drug-likeness (QED) is 0.709. The van der Waals surface area contributed by atoms with Crippen molar-refractivity contribution in [2.75, 3.05) is 32.8 Å². The Bertz CT molecular complexity index is 869. The lowest BCUT2D eigenvalue weighted by Crippen LogP contribution is -2.52. The summed E-state index contributed by atoms with van der Waals surface area (Å²) in [5.74, 6) is -0.507. The van der Waals surface area contributed by atoms with Crippen molar-refractivity contribution in [3.63, 3.8) is 0 Å². The van der Waals surface area contributed by atoms with E-state index in [-0.39, 0.29) is 24.4 Å². The zero-order chi connectivity index (χ0) is 20.3. The molecule has 152 valence electrons. The summed E-state index contributed by atoms with van der Waals surface area (Å²) < 4.78 is 5.44. The van der Waals surface area contributed by atoms with Gasteiger partial charge in [-0.3, -0.25) is 14.4 Å². The van der Waals surface area contributed by atoms with Crippen LogP contribution in [0.15, 0.2) is 47.8 Å². The standard InChI is InChI=1S/C22H24N2O4S/c25-19(23-11-13-24(14-12-23)20(26)18-8-4-15-29-18)16-28-21(27)22(9-5-10-22)17-6-2-1-3-7-17/h1-4,6-8,15H,5,9-14,16H2. The van der Waals surface area contributed by atoms with Gasteiger partial charge in [0, 0.05) is 26.2 Å². The number of ether oxygens (including phenoxy) is 1. The Labute approximate surface area is 174 Å². The van der Waals surface area contributed by atoms with Crippen LogP contribution >= 0.6 is 11.3 Å². The third kappa shape index (κ3) is 3.92. The smallest absolute Gasteiger partial charge is 0.317 e. The number of carbonyl (C=O) groups excluding carboxylic acids is 3. The van der Waals surface area contributed by atoms with Gasteiger partial charge in [-0.15, -0.1) is 11.3 Å². The molecule has 1 aromatic heterocycles. The topological polar surface area (TPSA) is 66.9 Å². The molecule has 1 saturated heterocycles. The molecular weight excluding hydrogens is 388 g/mol. The third-order valence-corrected chi connectivity index (χ3v) is 6.76. The van der Waals surface area contributed by atoms with E-state index in [0.29, 0.717) is 31.1 Å². The van der Waals surface area contributed by atoms with E-state index in [1.165, 1.54) is 11.3 Å². The highest BCUT2D eigenvalue weighted by Gasteiger charge is 2.47. The molecule has 0 atom stereocenters. The number of amides is 2. The van der Waals surface area contributed by atoms with Crippen LogP contribution in [0.2, 0.25) is 0 Å². The summed E-state index contributed by atoms with van der Waals surface area (Å²) in [6.45, 7) is 1.65. The van der Waals surface area contributed by atoms with Crippen molar-refractivity contribution in [3.8, 4) is 0 Å². The van der Waals surface area contributed by atoms with Gasteiger partial charge in [-0.05, 0) is 29.9 Å². The largest absolute Gasteiger partial charge is 0.455 e. The Balaban J connectivity index is 1.28. The molecule has 0 bridgehead atoms. The van der Waals surface area contributed by atoms with Crippen LogP contribution in [-0.2, 0) is 19.7 Å². The van der Waals surface area contributed by atoms with E-state index in [9.17, 15) is 14.4 Å². The van der Waals surface area contributed by atoms with Crippen molar-refractivity contribution in [1.29, 1.82) is 0 Å². The lowest BCUT2D eigenvalue weighted by atomic mass is 9.64. The number of rotatable bonds is 5. The van der Waals surface area contributed by atoms with Crippen LogP contribution in [-0.4, -0.2) is 60.4 Å². The second-order valence-electron chi connectivity index (χ2n) is 7.53.